The Bertz CT molecular complexity index is 647. The Kier molecular flexibility index (Phi) is 4.78. The van der Waals surface area contributed by atoms with E-state index in [1.54, 1.807) is 13.1 Å². The monoisotopic (exact) mass is 378 g/mol. The molecule has 0 saturated carbocycles. The van der Waals surface area contributed by atoms with Gasteiger partial charge in [-0.15, -0.1) is 0 Å². The Morgan fingerprint density at radius 2 is 2.10 bits per heavy atom. The van der Waals surface area contributed by atoms with Crippen LogP contribution >= 0.6 is 15.9 Å². The number of nitrogens with zero attached hydrogens (tertiary/aromatic N) is 1. The molecule has 1 saturated heterocycles. The Hall–Kier alpha value is -0.500. The minimum Gasteiger partial charge on any atom is -0.316 e. The summed E-state index contributed by atoms with van der Waals surface area (Å²) in [6, 6.07) is 2.94. The summed E-state index contributed by atoms with van der Waals surface area (Å²) in [6.07, 6.45) is 0.783. The molecule has 7 heteroatoms. The molecule has 1 aromatic rings. The highest BCUT2D eigenvalue weighted by Crippen LogP contribution is 2.34. The van der Waals surface area contributed by atoms with Gasteiger partial charge >= 0.3 is 0 Å². The van der Waals surface area contributed by atoms with Crippen molar-refractivity contribution in [2.75, 3.05) is 20.1 Å². The molecule has 0 amide bonds. The Morgan fingerprint density at radius 3 is 2.62 bits per heavy atom. The van der Waals surface area contributed by atoms with Crippen LogP contribution in [-0.4, -0.2) is 32.9 Å². The van der Waals surface area contributed by atoms with Gasteiger partial charge in [0.1, 0.15) is 10.7 Å². The number of sulfonamides is 1. The molecule has 4 nitrogen and oxygen atoms in total. The van der Waals surface area contributed by atoms with Crippen molar-refractivity contribution in [2.24, 2.45) is 5.41 Å². The molecule has 1 heterocycles. The fourth-order valence-electron chi connectivity index (χ4n) is 2.53. The van der Waals surface area contributed by atoms with Gasteiger partial charge in [-0.3, -0.25) is 0 Å². The lowest BCUT2D eigenvalue weighted by molar-refractivity contribution is 0.374. The topological polar surface area (TPSA) is 49.4 Å². The lowest BCUT2D eigenvalue weighted by Crippen LogP contribution is -2.31. The van der Waals surface area contributed by atoms with E-state index in [1.807, 2.05) is 13.8 Å². The largest absolute Gasteiger partial charge is 0.316 e. The molecule has 1 aliphatic heterocycles. The molecule has 0 radical (unpaired) electrons. The summed E-state index contributed by atoms with van der Waals surface area (Å²) in [4.78, 5) is -0.250. The first-order chi connectivity index (χ1) is 9.67. The zero-order valence-electron chi connectivity index (χ0n) is 12.4. The average molecular weight is 379 g/mol. The van der Waals surface area contributed by atoms with Crippen molar-refractivity contribution in [3.05, 3.63) is 28.0 Å². The number of nitrogens with one attached hydrogen (secondary N) is 1. The van der Waals surface area contributed by atoms with Crippen LogP contribution in [0.4, 0.5) is 4.39 Å². The van der Waals surface area contributed by atoms with Crippen LogP contribution in [0, 0.1) is 11.2 Å². The first-order valence-corrected chi connectivity index (χ1v) is 9.03. The van der Waals surface area contributed by atoms with Crippen molar-refractivity contribution in [1.29, 1.82) is 0 Å². The maximum atomic E-state index is 14.5. The number of halogens is 2. The number of rotatable bonds is 4. The summed E-state index contributed by atoms with van der Waals surface area (Å²) in [7, 11) is -2.11. The molecule has 0 spiro atoms. The van der Waals surface area contributed by atoms with E-state index in [2.05, 4.69) is 21.2 Å². The van der Waals surface area contributed by atoms with Gasteiger partial charge in [-0.05, 0) is 31.0 Å². The van der Waals surface area contributed by atoms with Gasteiger partial charge in [-0.1, -0.05) is 29.8 Å². The van der Waals surface area contributed by atoms with Gasteiger partial charge in [0.25, 0.3) is 0 Å². The fourth-order valence-corrected chi connectivity index (χ4v) is 4.95. The maximum Gasteiger partial charge on any atom is 0.246 e. The van der Waals surface area contributed by atoms with Crippen molar-refractivity contribution in [1.82, 2.24) is 9.62 Å². The lowest BCUT2D eigenvalue weighted by atomic mass is 9.93. The summed E-state index contributed by atoms with van der Waals surface area (Å²) < 4.78 is 41.8. The zero-order chi connectivity index (χ0) is 15.8. The third kappa shape index (κ3) is 3.47. The summed E-state index contributed by atoms with van der Waals surface area (Å²) >= 11 is 3.26. The predicted octanol–water partition coefficient (Wildman–Crippen LogP) is 2.73. The van der Waals surface area contributed by atoms with E-state index < -0.39 is 15.8 Å². The molecule has 118 valence electrons. The quantitative estimate of drug-likeness (QED) is 0.875. The van der Waals surface area contributed by atoms with Gasteiger partial charge in [0, 0.05) is 29.7 Å². The second-order valence-electron chi connectivity index (χ2n) is 6.16. The Morgan fingerprint density at radius 1 is 1.43 bits per heavy atom. The molecule has 1 fully saturated rings. The second-order valence-corrected chi connectivity index (χ2v) is 8.98. The van der Waals surface area contributed by atoms with Crippen molar-refractivity contribution in [3.63, 3.8) is 0 Å². The lowest BCUT2D eigenvalue weighted by Gasteiger charge is -2.20. The molecule has 0 unspecified atom stereocenters. The SMILES string of the molecule is CNCc1cc(Br)cc(S(=O)(=O)N2CCC(C)(C)C2)c1F. The van der Waals surface area contributed by atoms with E-state index in [1.165, 1.54) is 10.4 Å². The summed E-state index contributed by atoms with van der Waals surface area (Å²) in [5.74, 6) is -0.669. The molecule has 0 aliphatic carbocycles. The van der Waals surface area contributed by atoms with Crippen LogP contribution in [0.3, 0.4) is 0 Å². The molecular formula is C14H20BrFN2O2S. The normalized spacial score (nSPS) is 19.1. The van der Waals surface area contributed by atoms with E-state index in [9.17, 15) is 12.8 Å². The van der Waals surface area contributed by atoms with Crippen LogP contribution in [0.5, 0.6) is 0 Å². The number of hydrogen-bond donors (Lipinski definition) is 1. The highest BCUT2D eigenvalue weighted by Gasteiger charge is 2.38. The third-order valence-corrected chi connectivity index (χ3v) is 6.01. The van der Waals surface area contributed by atoms with E-state index >= 15 is 0 Å². The average Bonchev–Trinajstić information content (AvgIpc) is 2.74. The minimum atomic E-state index is -3.80. The van der Waals surface area contributed by atoms with Gasteiger partial charge in [-0.25, -0.2) is 12.8 Å². The molecular weight excluding hydrogens is 359 g/mol. The zero-order valence-corrected chi connectivity index (χ0v) is 14.8. The van der Waals surface area contributed by atoms with Gasteiger partial charge in [0.2, 0.25) is 10.0 Å². The summed E-state index contributed by atoms with van der Waals surface area (Å²) in [6.45, 7) is 5.17. The number of benzene rings is 1. The van der Waals surface area contributed by atoms with E-state index in [0.717, 1.165) is 6.42 Å². The van der Waals surface area contributed by atoms with Gasteiger partial charge < -0.3 is 5.32 Å². The van der Waals surface area contributed by atoms with Crippen LogP contribution in [-0.2, 0) is 16.6 Å². The van der Waals surface area contributed by atoms with Crippen molar-refractivity contribution in [2.45, 2.75) is 31.7 Å². The third-order valence-electron chi connectivity index (χ3n) is 3.71. The number of hydrogen-bond acceptors (Lipinski definition) is 3. The van der Waals surface area contributed by atoms with E-state index in [4.69, 9.17) is 0 Å². The molecule has 21 heavy (non-hydrogen) atoms. The smallest absolute Gasteiger partial charge is 0.246 e. The van der Waals surface area contributed by atoms with E-state index in [0.29, 0.717) is 23.1 Å². The van der Waals surface area contributed by atoms with Gasteiger partial charge in [0.05, 0.1) is 0 Å². The first-order valence-electron chi connectivity index (χ1n) is 6.80. The van der Waals surface area contributed by atoms with Crippen LogP contribution < -0.4 is 5.32 Å². The molecule has 2 rings (SSSR count). The van der Waals surface area contributed by atoms with Gasteiger partial charge in [-0.2, -0.15) is 4.31 Å². The Balaban J connectivity index is 2.45. The van der Waals surface area contributed by atoms with Crippen molar-refractivity contribution in [3.8, 4) is 0 Å². The van der Waals surface area contributed by atoms with Crippen molar-refractivity contribution >= 4 is 26.0 Å². The molecule has 1 aromatic carbocycles. The second kappa shape index (κ2) is 5.95. The van der Waals surface area contributed by atoms with Crippen LogP contribution in [0.15, 0.2) is 21.5 Å². The predicted molar refractivity (Wildman–Crippen MR) is 84.0 cm³/mol. The summed E-state index contributed by atoms with van der Waals surface area (Å²) in [5, 5.41) is 2.84. The fraction of sp³-hybridized carbons (Fsp3) is 0.571. The van der Waals surface area contributed by atoms with Crippen molar-refractivity contribution < 1.29 is 12.8 Å². The summed E-state index contributed by atoms with van der Waals surface area (Å²) in [5.41, 5.74) is 0.271. The molecule has 0 aromatic heterocycles. The van der Waals surface area contributed by atoms with Crippen LogP contribution in [0.2, 0.25) is 0 Å². The molecule has 1 aliphatic rings. The maximum absolute atomic E-state index is 14.5. The first kappa shape index (κ1) is 16.9. The molecule has 1 N–H and O–H groups in total. The van der Waals surface area contributed by atoms with Crippen LogP contribution in [0.25, 0.3) is 0 Å². The van der Waals surface area contributed by atoms with Crippen LogP contribution in [0.1, 0.15) is 25.8 Å². The highest BCUT2D eigenvalue weighted by atomic mass is 79.9. The Labute approximate surface area is 133 Å². The highest BCUT2D eigenvalue weighted by molar-refractivity contribution is 9.10. The van der Waals surface area contributed by atoms with E-state index in [-0.39, 0.29) is 16.9 Å². The molecule has 0 bridgehead atoms. The van der Waals surface area contributed by atoms with Gasteiger partial charge in [0.15, 0.2) is 0 Å². The molecule has 0 atom stereocenters. The minimum absolute atomic E-state index is 0.0661. The standard InChI is InChI=1S/C14H20BrFN2O2S/c1-14(2)4-5-18(9-14)21(19,20)12-7-11(15)6-10(8-17-3)13(12)16/h6-7,17H,4-5,8-9H2,1-3H3.